The van der Waals surface area contributed by atoms with Crippen molar-refractivity contribution in [2.24, 2.45) is 0 Å². The summed E-state index contributed by atoms with van der Waals surface area (Å²) in [5.41, 5.74) is -0.854. The summed E-state index contributed by atoms with van der Waals surface area (Å²) in [4.78, 5) is 17.1. The smallest absolute Gasteiger partial charge is 0.416 e. The standard InChI is InChI=1S/C17H14F4N2O3/c18-13-3-1-2-4-14(13)25-10-16(24)23-8-12(9-23)26-15-7-11(5-6-22-15)17(19,20)21/h1-7,12H,8-10H2. The van der Waals surface area contributed by atoms with Crippen LogP contribution in [0.3, 0.4) is 0 Å². The van der Waals surface area contributed by atoms with Gasteiger partial charge in [-0.2, -0.15) is 13.2 Å². The summed E-state index contributed by atoms with van der Waals surface area (Å²) >= 11 is 0. The van der Waals surface area contributed by atoms with E-state index in [4.69, 9.17) is 9.47 Å². The van der Waals surface area contributed by atoms with Crippen molar-refractivity contribution in [3.05, 3.63) is 54.0 Å². The number of pyridine rings is 1. The molecule has 2 heterocycles. The SMILES string of the molecule is O=C(COc1ccccc1F)N1CC(Oc2cc(C(F)(F)F)ccn2)C1. The number of para-hydroxylation sites is 1. The first-order valence-electron chi connectivity index (χ1n) is 7.68. The van der Waals surface area contributed by atoms with E-state index in [0.29, 0.717) is 0 Å². The van der Waals surface area contributed by atoms with Crippen LogP contribution in [0.25, 0.3) is 0 Å². The molecule has 1 aromatic heterocycles. The Hall–Kier alpha value is -2.84. The van der Waals surface area contributed by atoms with E-state index in [-0.39, 0.29) is 37.2 Å². The van der Waals surface area contributed by atoms with E-state index in [1.54, 1.807) is 6.07 Å². The van der Waals surface area contributed by atoms with E-state index in [2.05, 4.69) is 4.98 Å². The number of hydrogen-bond acceptors (Lipinski definition) is 4. The molecule has 1 aliphatic rings. The zero-order chi connectivity index (χ0) is 18.7. The summed E-state index contributed by atoms with van der Waals surface area (Å²) in [6.07, 6.45) is -3.92. The number of aromatic nitrogens is 1. The first-order chi connectivity index (χ1) is 12.3. The first-order valence-corrected chi connectivity index (χ1v) is 7.68. The molecule has 0 atom stereocenters. The molecule has 0 saturated carbocycles. The Kier molecular flexibility index (Phi) is 4.97. The van der Waals surface area contributed by atoms with Gasteiger partial charge in [-0.25, -0.2) is 9.37 Å². The Morgan fingerprint density at radius 2 is 1.96 bits per heavy atom. The van der Waals surface area contributed by atoms with Gasteiger partial charge in [0.1, 0.15) is 6.10 Å². The molecule has 26 heavy (non-hydrogen) atoms. The van der Waals surface area contributed by atoms with E-state index in [1.807, 2.05) is 0 Å². The van der Waals surface area contributed by atoms with Gasteiger partial charge in [-0.3, -0.25) is 4.79 Å². The quantitative estimate of drug-likeness (QED) is 0.760. The average molecular weight is 370 g/mol. The van der Waals surface area contributed by atoms with Crippen molar-refractivity contribution in [2.45, 2.75) is 12.3 Å². The third kappa shape index (κ3) is 4.22. The van der Waals surface area contributed by atoms with Crippen LogP contribution >= 0.6 is 0 Å². The third-order valence-corrected chi connectivity index (χ3v) is 3.74. The lowest BCUT2D eigenvalue weighted by atomic mass is 10.1. The molecule has 1 amide bonds. The molecule has 0 bridgehead atoms. The van der Waals surface area contributed by atoms with Crippen LogP contribution in [-0.2, 0) is 11.0 Å². The molecule has 1 aromatic carbocycles. The molecule has 9 heteroatoms. The number of amides is 1. The number of hydrogen-bond donors (Lipinski definition) is 0. The predicted octanol–water partition coefficient (Wildman–Crippen LogP) is 2.91. The minimum atomic E-state index is -4.48. The van der Waals surface area contributed by atoms with Crippen molar-refractivity contribution in [1.82, 2.24) is 9.88 Å². The fourth-order valence-electron chi connectivity index (χ4n) is 2.33. The molecule has 0 unspecified atom stereocenters. The summed E-state index contributed by atoms with van der Waals surface area (Å²) in [6, 6.07) is 7.37. The molecular formula is C17H14F4N2O3. The normalized spacial score (nSPS) is 14.7. The fourth-order valence-corrected chi connectivity index (χ4v) is 2.33. The van der Waals surface area contributed by atoms with Gasteiger partial charge in [0.15, 0.2) is 18.2 Å². The van der Waals surface area contributed by atoms with Gasteiger partial charge in [0, 0.05) is 12.3 Å². The number of ether oxygens (including phenoxy) is 2. The molecular weight excluding hydrogens is 356 g/mol. The van der Waals surface area contributed by atoms with Gasteiger partial charge in [0.05, 0.1) is 18.7 Å². The van der Waals surface area contributed by atoms with Gasteiger partial charge in [-0.15, -0.1) is 0 Å². The minimum absolute atomic E-state index is 0.0256. The number of carbonyl (C=O) groups excluding carboxylic acids is 1. The van der Waals surface area contributed by atoms with Crippen molar-refractivity contribution in [2.75, 3.05) is 19.7 Å². The van der Waals surface area contributed by atoms with E-state index >= 15 is 0 Å². The van der Waals surface area contributed by atoms with Gasteiger partial charge < -0.3 is 14.4 Å². The minimum Gasteiger partial charge on any atom is -0.481 e. The van der Waals surface area contributed by atoms with E-state index < -0.39 is 23.7 Å². The summed E-state index contributed by atoms with van der Waals surface area (Å²) in [7, 11) is 0. The highest BCUT2D eigenvalue weighted by Crippen LogP contribution is 2.31. The molecule has 0 radical (unpaired) electrons. The zero-order valence-electron chi connectivity index (χ0n) is 13.4. The van der Waals surface area contributed by atoms with E-state index in [1.165, 1.54) is 23.1 Å². The predicted molar refractivity (Wildman–Crippen MR) is 82.1 cm³/mol. The first kappa shape index (κ1) is 18.0. The van der Waals surface area contributed by atoms with Crippen LogP contribution < -0.4 is 9.47 Å². The Morgan fingerprint density at radius 3 is 2.65 bits per heavy atom. The third-order valence-electron chi connectivity index (χ3n) is 3.74. The largest absolute Gasteiger partial charge is 0.481 e. The van der Waals surface area contributed by atoms with Crippen molar-refractivity contribution < 1.29 is 31.8 Å². The Labute approximate surface area is 146 Å². The molecule has 138 valence electrons. The Morgan fingerprint density at radius 1 is 1.23 bits per heavy atom. The maximum Gasteiger partial charge on any atom is 0.416 e. The van der Waals surface area contributed by atoms with Crippen molar-refractivity contribution >= 4 is 5.91 Å². The number of halogens is 4. The van der Waals surface area contributed by atoms with Crippen molar-refractivity contribution in [3.8, 4) is 11.6 Å². The molecule has 0 aliphatic carbocycles. The van der Waals surface area contributed by atoms with Crippen LogP contribution in [0.5, 0.6) is 11.6 Å². The lowest BCUT2D eigenvalue weighted by Crippen LogP contribution is -2.57. The monoisotopic (exact) mass is 370 g/mol. The number of carbonyl (C=O) groups is 1. The Bertz CT molecular complexity index is 792. The number of nitrogens with zero attached hydrogens (tertiary/aromatic N) is 2. The van der Waals surface area contributed by atoms with E-state index in [9.17, 15) is 22.4 Å². The second-order valence-corrected chi connectivity index (χ2v) is 5.64. The average Bonchev–Trinajstić information content (AvgIpc) is 2.56. The maximum absolute atomic E-state index is 13.4. The highest BCUT2D eigenvalue weighted by Gasteiger charge is 2.34. The van der Waals surface area contributed by atoms with Crippen molar-refractivity contribution in [1.29, 1.82) is 0 Å². The molecule has 1 fully saturated rings. The molecule has 3 rings (SSSR count). The number of benzene rings is 1. The molecule has 5 nitrogen and oxygen atoms in total. The van der Waals surface area contributed by atoms with Crippen LogP contribution in [-0.4, -0.2) is 41.6 Å². The molecule has 2 aromatic rings. The number of alkyl halides is 3. The van der Waals surface area contributed by atoms with Crippen LogP contribution in [0, 0.1) is 5.82 Å². The summed E-state index contributed by atoms with van der Waals surface area (Å²) in [5.74, 6) is -1.12. The summed E-state index contributed by atoms with van der Waals surface area (Å²) < 4.78 is 61.8. The second kappa shape index (κ2) is 7.19. The second-order valence-electron chi connectivity index (χ2n) is 5.64. The van der Waals surface area contributed by atoms with Gasteiger partial charge in [-0.05, 0) is 18.2 Å². The van der Waals surface area contributed by atoms with Gasteiger partial charge in [0.2, 0.25) is 5.88 Å². The summed E-state index contributed by atoms with van der Waals surface area (Å²) in [5, 5.41) is 0. The number of rotatable bonds is 5. The van der Waals surface area contributed by atoms with Crippen LogP contribution in [0.4, 0.5) is 17.6 Å². The highest BCUT2D eigenvalue weighted by molar-refractivity contribution is 5.78. The maximum atomic E-state index is 13.4. The fraction of sp³-hybridized carbons (Fsp3) is 0.294. The Balaban J connectivity index is 1.47. The van der Waals surface area contributed by atoms with Crippen LogP contribution in [0.15, 0.2) is 42.6 Å². The van der Waals surface area contributed by atoms with Crippen molar-refractivity contribution in [3.63, 3.8) is 0 Å². The summed E-state index contributed by atoms with van der Waals surface area (Å²) in [6.45, 7) is 0.0459. The van der Waals surface area contributed by atoms with Crippen LogP contribution in [0.1, 0.15) is 5.56 Å². The van der Waals surface area contributed by atoms with Gasteiger partial charge in [-0.1, -0.05) is 12.1 Å². The van der Waals surface area contributed by atoms with Gasteiger partial charge >= 0.3 is 6.18 Å². The highest BCUT2D eigenvalue weighted by atomic mass is 19.4. The van der Waals surface area contributed by atoms with Gasteiger partial charge in [0.25, 0.3) is 5.91 Å². The lowest BCUT2D eigenvalue weighted by Gasteiger charge is -2.38. The topological polar surface area (TPSA) is 51.7 Å². The number of likely N-dealkylation sites (tertiary alicyclic amines) is 1. The molecule has 0 N–H and O–H groups in total. The van der Waals surface area contributed by atoms with E-state index in [0.717, 1.165) is 18.3 Å². The molecule has 1 aliphatic heterocycles. The van der Waals surface area contributed by atoms with Crippen LogP contribution in [0.2, 0.25) is 0 Å². The molecule has 0 spiro atoms. The molecule has 1 saturated heterocycles. The zero-order valence-corrected chi connectivity index (χ0v) is 13.4. The lowest BCUT2D eigenvalue weighted by molar-refractivity contribution is -0.142.